The van der Waals surface area contributed by atoms with Crippen LogP contribution in [-0.4, -0.2) is 38.7 Å². The largest absolute Gasteiger partial charge is 0.359 e. The van der Waals surface area contributed by atoms with Gasteiger partial charge in [-0.2, -0.15) is 5.10 Å². The first-order valence-corrected chi connectivity index (χ1v) is 7.83. The first-order valence-electron chi connectivity index (χ1n) is 7.02. The Kier molecular flexibility index (Phi) is 3.04. The molecule has 0 saturated carbocycles. The summed E-state index contributed by atoms with van der Waals surface area (Å²) in [7, 11) is 2.06. The summed E-state index contributed by atoms with van der Waals surface area (Å²) in [4.78, 5) is 16.7. The summed E-state index contributed by atoms with van der Waals surface area (Å²) in [6.45, 7) is 2.88. The molecule has 7 nitrogen and oxygen atoms in total. The van der Waals surface area contributed by atoms with Crippen molar-refractivity contribution < 1.29 is 0 Å². The predicted octanol–water partition coefficient (Wildman–Crippen LogP) is 2.37. The van der Waals surface area contributed by atoms with Crippen molar-refractivity contribution in [3.8, 4) is 11.3 Å². The van der Waals surface area contributed by atoms with Gasteiger partial charge in [-0.25, -0.2) is 15.0 Å². The van der Waals surface area contributed by atoms with Crippen molar-refractivity contribution in [3.63, 3.8) is 0 Å². The number of aryl methyl sites for hydroxylation is 1. The van der Waals surface area contributed by atoms with Crippen LogP contribution in [0, 0.1) is 6.92 Å². The number of hydrogen-bond acceptors (Lipinski definition) is 7. The first kappa shape index (κ1) is 13.2. The van der Waals surface area contributed by atoms with Crippen LogP contribution in [0.4, 0.5) is 16.9 Å². The van der Waals surface area contributed by atoms with Gasteiger partial charge in [0.15, 0.2) is 5.13 Å². The maximum atomic E-state index is 4.72. The molecule has 0 atom stereocenters. The normalized spacial score (nSPS) is 13.5. The number of rotatable bonds is 2. The molecule has 0 unspecified atom stereocenters. The average molecular weight is 313 g/mol. The summed E-state index contributed by atoms with van der Waals surface area (Å²) >= 11 is 1.65. The van der Waals surface area contributed by atoms with Gasteiger partial charge in [-0.3, -0.25) is 5.10 Å². The molecule has 112 valence electrons. The molecule has 0 fully saturated rings. The highest BCUT2D eigenvalue weighted by molar-refractivity contribution is 7.16. The molecule has 0 aromatic carbocycles. The van der Waals surface area contributed by atoms with Crippen molar-refractivity contribution >= 4 is 28.2 Å². The van der Waals surface area contributed by atoms with E-state index in [2.05, 4.69) is 37.4 Å². The number of fused-ring (bicyclic) bond motifs is 3. The van der Waals surface area contributed by atoms with Crippen LogP contribution >= 0.6 is 11.3 Å². The highest BCUT2D eigenvalue weighted by atomic mass is 32.1. The molecule has 0 saturated heterocycles. The Bertz CT molecular complexity index is 822. The molecule has 4 heterocycles. The number of nitrogens with one attached hydrogen (secondary N) is 2. The van der Waals surface area contributed by atoms with Gasteiger partial charge in [0, 0.05) is 36.8 Å². The van der Waals surface area contributed by atoms with Crippen LogP contribution < -0.4 is 10.2 Å². The summed E-state index contributed by atoms with van der Waals surface area (Å²) in [5, 5.41) is 11.2. The molecule has 1 aliphatic heterocycles. The predicted molar refractivity (Wildman–Crippen MR) is 86.7 cm³/mol. The van der Waals surface area contributed by atoms with E-state index in [4.69, 9.17) is 4.98 Å². The SMILES string of the molecule is Cc1ccnc(Nc2nc3c(s2)CCN(C)c2[nH]ncc2-3)n1. The first-order chi connectivity index (χ1) is 10.7. The lowest BCUT2D eigenvalue weighted by Gasteiger charge is -2.14. The fourth-order valence-corrected chi connectivity index (χ4v) is 3.47. The van der Waals surface area contributed by atoms with E-state index in [0.717, 1.165) is 40.9 Å². The molecule has 8 heteroatoms. The van der Waals surface area contributed by atoms with Gasteiger partial charge in [0.1, 0.15) is 5.82 Å². The Labute approximate surface area is 131 Å². The zero-order valence-electron chi connectivity index (χ0n) is 12.3. The van der Waals surface area contributed by atoms with Crippen LogP contribution in [0.1, 0.15) is 10.6 Å². The fraction of sp³-hybridized carbons (Fsp3) is 0.286. The van der Waals surface area contributed by atoms with Crippen LogP contribution in [-0.2, 0) is 6.42 Å². The molecule has 1 aliphatic rings. The van der Waals surface area contributed by atoms with Gasteiger partial charge in [-0.15, -0.1) is 11.3 Å². The maximum absolute atomic E-state index is 4.72. The Morgan fingerprint density at radius 3 is 3.14 bits per heavy atom. The topological polar surface area (TPSA) is 82.6 Å². The van der Waals surface area contributed by atoms with Gasteiger partial charge >= 0.3 is 0 Å². The van der Waals surface area contributed by atoms with Gasteiger partial charge < -0.3 is 10.2 Å². The Balaban J connectivity index is 1.71. The Hall–Kier alpha value is -2.48. The molecule has 0 radical (unpaired) electrons. The third-order valence-electron chi connectivity index (χ3n) is 3.64. The second-order valence-corrected chi connectivity index (χ2v) is 6.32. The molecule has 3 aromatic rings. The van der Waals surface area contributed by atoms with Crippen LogP contribution in [0.3, 0.4) is 0 Å². The van der Waals surface area contributed by atoms with Crippen LogP contribution in [0.15, 0.2) is 18.5 Å². The fourth-order valence-electron chi connectivity index (χ4n) is 2.51. The zero-order chi connectivity index (χ0) is 15.1. The number of H-pyrrole nitrogens is 1. The molecule has 22 heavy (non-hydrogen) atoms. The van der Waals surface area contributed by atoms with Crippen molar-refractivity contribution in [1.29, 1.82) is 0 Å². The molecule has 0 amide bonds. The summed E-state index contributed by atoms with van der Waals surface area (Å²) < 4.78 is 0. The molecule has 3 aromatic heterocycles. The molecule has 4 rings (SSSR count). The van der Waals surface area contributed by atoms with Gasteiger partial charge in [0.25, 0.3) is 0 Å². The smallest absolute Gasteiger partial charge is 0.229 e. The minimum atomic E-state index is 0.577. The number of anilines is 3. The van der Waals surface area contributed by atoms with Gasteiger partial charge in [-0.05, 0) is 13.0 Å². The third-order valence-corrected chi connectivity index (χ3v) is 4.67. The number of likely N-dealkylation sites (N-methyl/N-ethyl adjacent to an activating group) is 1. The molecule has 2 N–H and O–H groups in total. The van der Waals surface area contributed by atoms with E-state index in [-0.39, 0.29) is 0 Å². The number of nitrogens with zero attached hydrogens (tertiary/aromatic N) is 5. The van der Waals surface area contributed by atoms with Crippen molar-refractivity contribution in [2.45, 2.75) is 13.3 Å². The summed E-state index contributed by atoms with van der Waals surface area (Å²) in [6.07, 6.45) is 4.54. The average Bonchev–Trinajstić information content (AvgIpc) is 3.09. The number of hydrogen-bond donors (Lipinski definition) is 2. The monoisotopic (exact) mass is 313 g/mol. The van der Waals surface area contributed by atoms with E-state index >= 15 is 0 Å². The molecular formula is C14H15N7S. The lowest BCUT2D eigenvalue weighted by atomic mass is 10.2. The van der Waals surface area contributed by atoms with E-state index in [1.54, 1.807) is 17.5 Å². The van der Waals surface area contributed by atoms with E-state index in [1.807, 2.05) is 19.2 Å². The molecule has 0 bridgehead atoms. The highest BCUT2D eigenvalue weighted by Gasteiger charge is 2.23. The molecular weight excluding hydrogens is 298 g/mol. The quantitative estimate of drug-likeness (QED) is 0.756. The minimum absolute atomic E-state index is 0.577. The number of aromatic nitrogens is 5. The summed E-state index contributed by atoms with van der Waals surface area (Å²) in [5.41, 5.74) is 2.96. The summed E-state index contributed by atoms with van der Waals surface area (Å²) in [6, 6.07) is 1.87. The maximum Gasteiger partial charge on any atom is 0.229 e. The number of aromatic amines is 1. The van der Waals surface area contributed by atoms with Crippen molar-refractivity contribution in [2.75, 3.05) is 23.8 Å². The van der Waals surface area contributed by atoms with Gasteiger partial charge in [0.2, 0.25) is 5.95 Å². The van der Waals surface area contributed by atoms with Gasteiger partial charge in [-0.1, -0.05) is 0 Å². The minimum Gasteiger partial charge on any atom is -0.359 e. The van der Waals surface area contributed by atoms with E-state index < -0.39 is 0 Å². The molecule has 0 spiro atoms. The van der Waals surface area contributed by atoms with Gasteiger partial charge in [0.05, 0.1) is 17.5 Å². The standard InChI is InChI=1S/C14H15N7S/c1-8-3-5-15-13(17-8)19-14-18-11-9-7-16-20-12(9)21(2)6-4-10(11)22-14/h3,5,7H,4,6H2,1-2H3,(H,16,20)(H,15,17,18,19). The van der Waals surface area contributed by atoms with E-state index in [0.29, 0.717) is 5.95 Å². The Morgan fingerprint density at radius 1 is 1.36 bits per heavy atom. The van der Waals surface area contributed by atoms with Crippen LogP contribution in [0.2, 0.25) is 0 Å². The van der Waals surface area contributed by atoms with Crippen molar-refractivity contribution in [3.05, 3.63) is 29.0 Å². The zero-order valence-corrected chi connectivity index (χ0v) is 13.1. The van der Waals surface area contributed by atoms with Crippen molar-refractivity contribution in [2.24, 2.45) is 0 Å². The van der Waals surface area contributed by atoms with Crippen LogP contribution in [0.5, 0.6) is 0 Å². The summed E-state index contributed by atoms with van der Waals surface area (Å²) in [5.74, 6) is 1.59. The highest BCUT2D eigenvalue weighted by Crippen LogP contribution is 2.38. The number of thiazole rings is 1. The third kappa shape index (κ3) is 2.21. The second-order valence-electron chi connectivity index (χ2n) is 5.24. The Morgan fingerprint density at radius 2 is 2.27 bits per heavy atom. The second kappa shape index (κ2) is 5.06. The van der Waals surface area contributed by atoms with E-state index in [1.165, 1.54) is 4.88 Å². The lowest BCUT2D eigenvalue weighted by molar-refractivity contribution is 0.870. The van der Waals surface area contributed by atoms with E-state index in [9.17, 15) is 0 Å². The van der Waals surface area contributed by atoms with Crippen LogP contribution in [0.25, 0.3) is 11.3 Å². The lowest BCUT2D eigenvalue weighted by Crippen LogP contribution is -2.19. The van der Waals surface area contributed by atoms with Crippen molar-refractivity contribution in [1.82, 2.24) is 25.1 Å². The molecule has 0 aliphatic carbocycles.